The van der Waals surface area contributed by atoms with Crippen LogP contribution in [0.25, 0.3) is 10.1 Å². The summed E-state index contributed by atoms with van der Waals surface area (Å²) in [6.07, 6.45) is 0. The Morgan fingerprint density at radius 3 is 2.86 bits per heavy atom. The van der Waals surface area contributed by atoms with E-state index < -0.39 is 15.7 Å². The fraction of sp³-hybridized carbons (Fsp3) is 0. The van der Waals surface area contributed by atoms with Gasteiger partial charge in [0, 0.05) is 3.57 Å². The second kappa shape index (κ2) is 3.43. The second-order valence-corrected chi connectivity index (χ2v) is 4.73. The van der Waals surface area contributed by atoms with E-state index in [1.54, 1.807) is 18.2 Å². The van der Waals surface area contributed by atoms with Crippen molar-refractivity contribution in [1.29, 1.82) is 0 Å². The summed E-state index contributed by atoms with van der Waals surface area (Å²) in [4.78, 5) is 9.90. The van der Waals surface area contributed by atoms with Gasteiger partial charge in [-0.3, -0.25) is 10.1 Å². The highest BCUT2D eigenvalue weighted by atomic mass is 127. The topological polar surface area (TPSA) is 43.1 Å². The van der Waals surface area contributed by atoms with E-state index in [-0.39, 0.29) is 0 Å². The molecule has 1 aromatic carbocycles. The Morgan fingerprint density at radius 2 is 2.21 bits per heavy atom. The Kier molecular flexibility index (Phi) is 2.40. The lowest BCUT2D eigenvalue weighted by Crippen LogP contribution is -1.87. The molecule has 1 aromatic heterocycles. The van der Waals surface area contributed by atoms with Crippen LogP contribution in [0.3, 0.4) is 0 Å². The lowest BCUT2D eigenvalue weighted by atomic mass is 10.2. The third-order valence-electron chi connectivity index (χ3n) is 1.78. The SMILES string of the molecule is O=[N+]([O-])c1c(F)sc2c(I)cccc12. The Balaban J connectivity index is 2.90. The summed E-state index contributed by atoms with van der Waals surface area (Å²) in [5, 5.41) is 10.2. The van der Waals surface area contributed by atoms with Crippen LogP contribution in [-0.4, -0.2) is 4.92 Å². The van der Waals surface area contributed by atoms with Gasteiger partial charge in [0.15, 0.2) is 0 Å². The Bertz CT molecular complexity index is 525. The maximum Gasteiger partial charge on any atom is 0.323 e. The molecule has 0 saturated carbocycles. The Hall–Kier alpha value is -0.760. The normalized spacial score (nSPS) is 10.7. The zero-order chi connectivity index (χ0) is 10.3. The van der Waals surface area contributed by atoms with Crippen molar-refractivity contribution in [3.63, 3.8) is 0 Å². The first-order chi connectivity index (χ1) is 6.61. The van der Waals surface area contributed by atoms with Crippen LogP contribution in [0.5, 0.6) is 0 Å². The smallest absolute Gasteiger partial charge is 0.258 e. The fourth-order valence-corrected chi connectivity index (χ4v) is 2.94. The first-order valence-corrected chi connectivity index (χ1v) is 5.51. The molecule has 14 heavy (non-hydrogen) atoms. The Morgan fingerprint density at radius 1 is 1.50 bits per heavy atom. The quantitative estimate of drug-likeness (QED) is 0.458. The number of fused-ring (bicyclic) bond motifs is 1. The molecular weight excluding hydrogens is 320 g/mol. The third kappa shape index (κ3) is 1.38. The lowest BCUT2D eigenvalue weighted by molar-refractivity contribution is -0.385. The van der Waals surface area contributed by atoms with Crippen molar-refractivity contribution in [3.8, 4) is 0 Å². The molecule has 0 radical (unpaired) electrons. The van der Waals surface area contributed by atoms with Crippen molar-refractivity contribution >= 4 is 49.7 Å². The molecule has 2 rings (SSSR count). The maximum absolute atomic E-state index is 13.2. The number of halogens is 2. The van der Waals surface area contributed by atoms with E-state index in [2.05, 4.69) is 0 Å². The molecule has 0 fully saturated rings. The van der Waals surface area contributed by atoms with E-state index in [0.717, 1.165) is 14.9 Å². The number of benzene rings is 1. The van der Waals surface area contributed by atoms with Crippen LogP contribution in [-0.2, 0) is 0 Å². The highest BCUT2D eigenvalue weighted by Gasteiger charge is 2.23. The molecule has 0 saturated heterocycles. The van der Waals surface area contributed by atoms with Gasteiger partial charge in [-0.2, -0.15) is 4.39 Å². The van der Waals surface area contributed by atoms with Crippen LogP contribution < -0.4 is 0 Å². The molecule has 0 spiro atoms. The molecular formula is C8H3FINO2S. The number of nitro groups is 1. The number of hydrogen-bond donors (Lipinski definition) is 0. The average molecular weight is 323 g/mol. The summed E-state index contributed by atoms with van der Waals surface area (Å²) in [7, 11) is 0. The van der Waals surface area contributed by atoms with Gasteiger partial charge in [-0.15, -0.1) is 0 Å². The first kappa shape index (κ1) is 9.78. The highest BCUT2D eigenvalue weighted by Crippen LogP contribution is 2.37. The molecule has 2 aromatic rings. The highest BCUT2D eigenvalue weighted by molar-refractivity contribution is 14.1. The van der Waals surface area contributed by atoms with Gasteiger partial charge < -0.3 is 0 Å². The standard InChI is InChI=1S/C8H3FINO2S/c9-8-6(11(12)13)4-2-1-3-5(10)7(4)14-8/h1-3H. The maximum atomic E-state index is 13.2. The van der Waals surface area contributed by atoms with Gasteiger partial charge in [-0.1, -0.05) is 17.4 Å². The zero-order valence-electron chi connectivity index (χ0n) is 6.66. The van der Waals surface area contributed by atoms with Crippen molar-refractivity contribution in [3.05, 3.63) is 37.0 Å². The van der Waals surface area contributed by atoms with Crippen LogP contribution in [0, 0.1) is 18.8 Å². The van der Waals surface area contributed by atoms with E-state index in [4.69, 9.17) is 0 Å². The molecule has 1 heterocycles. The van der Waals surface area contributed by atoms with Crippen molar-refractivity contribution < 1.29 is 9.31 Å². The molecule has 0 aliphatic heterocycles. The van der Waals surface area contributed by atoms with Gasteiger partial charge in [-0.05, 0) is 34.7 Å². The van der Waals surface area contributed by atoms with Crippen molar-refractivity contribution in [2.45, 2.75) is 0 Å². The average Bonchev–Trinajstić information content (AvgIpc) is 2.42. The van der Waals surface area contributed by atoms with E-state index in [0.29, 0.717) is 10.1 Å². The van der Waals surface area contributed by atoms with Gasteiger partial charge in [0.05, 0.1) is 15.0 Å². The molecule has 6 heteroatoms. The van der Waals surface area contributed by atoms with E-state index in [1.807, 2.05) is 22.6 Å². The molecule has 0 unspecified atom stereocenters. The summed E-state index contributed by atoms with van der Waals surface area (Å²) < 4.78 is 14.7. The monoisotopic (exact) mass is 323 g/mol. The molecule has 0 N–H and O–H groups in total. The predicted molar refractivity (Wildman–Crippen MR) is 61.2 cm³/mol. The number of nitrogens with zero attached hydrogens (tertiary/aromatic N) is 1. The predicted octanol–water partition coefficient (Wildman–Crippen LogP) is 3.55. The van der Waals surface area contributed by atoms with Gasteiger partial charge in [0.2, 0.25) is 0 Å². The molecule has 3 nitrogen and oxygen atoms in total. The number of hydrogen-bond acceptors (Lipinski definition) is 3. The van der Waals surface area contributed by atoms with Gasteiger partial charge in [0.25, 0.3) is 5.13 Å². The number of rotatable bonds is 1. The minimum atomic E-state index is -0.728. The van der Waals surface area contributed by atoms with Crippen molar-refractivity contribution in [2.24, 2.45) is 0 Å². The summed E-state index contributed by atoms with van der Waals surface area (Å²) >= 11 is 2.85. The van der Waals surface area contributed by atoms with Gasteiger partial charge in [0.1, 0.15) is 0 Å². The van der Waals surface area contributed by atoms with Crippen molar-refractivity contribution in [2.75, 3.05) is 0 Å². The summed E-state index contributed by atoms with van der Waals surface area (Å²) in [6.45, 7) is 0. The van der Waals surface area contributed by atoms with Crippen LogP contribution in [0.15, 0.2) is 18.2 Å². The van der Waals surface area contributed by atoms with Crippen LogP contribution in [0.2, 0.25) is 0 Å². The van der Waals surface area contributed by atoms with E-state index >= 15 is 0 Å². The molecule has 0 amide bonds. The lowest BCUT2D eigenvalue weighted by Gasteiger charge is -1.91. The summed E-state index contributed by atoms with van der Waals surface area (Å²) in [6, 6.07) is 5.04. The molecule has 72 valence electrons. The minimum absolute atomic E-state index is 0.379. The van der Waals surface area contributed by atoms with Gasteiger partial charge >= 0.3 is 5.69 Å². The molecule has 0 aliphatic rings. The number of thiophene rings is 1. The summed E-state index contributed by atoms with van der Waals surface area (Å²) in [5.41, 5.74) is -0.413. The second-order valence-electron chi connectivity index (χ2n) is 2.60. The minimum Gasteiger partial charge on any atom is -0.258 e. The van der Waals surface area contributed by atoms with Crippen molar-refractivity contribution in [1.82, 2.24) is 0 Å². The van der Waals surface area contributed by atoms with Crippen LogP contribution in [0.4, 0.5) is 10.1 Å². The Labute approximate surface area is 95.8 Å². The van der Waals surface area contributed by atoms with Crippen LogP contribution in [0.1, 0.15) is 0 Å². The zero-order valence-corrected chi connectivity index (χ0v) is 9.63. The molecule has 0 bridgehead atoms. The molecule has 0 atom stereocenters. The van der Waals surface area contributed by atoms with Gasteiger partial charge in [-0.25, -0.2) is 0 Å². The largest absolute Gasteiger partial charge is 0.323 e. The van der Waals surface area contributed by atoms with Crippen LogP contribution >= 0.6 is 33.9 Å². The summed E-state index contributed by atoms with van der Waals surface area (Å²) in [5.74, 6) is 0. The van der Waals surface area contributed by atoms with E-state index in [9.17, 15) is 14.5 Å². The fourth-order valence-electron chi connectivity index (χ4n) is 1.21. The van der Waals surface area contributed by atoms with E-state index in [1.165, 1.54) is 0 Å². The molecule has 0 aliphatic carbocycles. The first-order valence-electron chi connectivity index (χ1n) is 3.62. The third-order valence-corrected chi connectivity index (χ3v) is 4.06.